The first-order valence-electron chi connectivity index (χ1n) is 8.00. The molecule has 1 aliphatic heterocycles. The number of hydrogen-bond donors (Lipinski definition) is 2. The van der Waals surface area contributed by atoms with Crippen LogP contribution in [0.4, 0.5) is 4.39 Å². The van der Waals surface area contributed by atoms with Gasteiger partial charge in [0.25, 0.3) is 0 Å². The minimum atomic E-state index is -0.307. The van der Waals surface area contributed by atoms with Gasteiger partial charge in [-0.15, -0.1) is 0 Å². The number of hydrogen-bond acceptors (Lipinski definition) is 3. The second-order valence-electron chi connectivity index (χ2n) is 6.26. The van der Waals surface area contributed by atoms with Crippen molar-refractivity contribution in [1.29, 1.82) is 0 Å². The van der Waals surface area contributed by atoms with Crippen LogP contribution in [0.15, 0.2) is 18.2 Å². The van der Waals surface area contributed by atoms with Crippen LogP contribution in [-0.2, 0) is 0 Å². The van der Waals surface area contributed by atoms with E-state index in [1.165, 1.54) is 44.1 Å². The fourth-order valence-electron chi connectivity index (χ4n) is 2.89. The molecule has 118 valence electrons. The van der Waals surface area contributed by atoms with Gasteiger partial charge in [0.05, 0.1) is 0 Å². The zero-order valence-corrected chi connectivity index (χ0v) is 13.1. The van der Waals surface area contributed by atoms with Crippen molar-refractivity contribution in [1.82, 2.24) is 10.2 Å². The number of phenols is 1. The molecule has 1 aliphatic rings. The fourth-order valence-corrected chi connectivity index (χ4v) is 2.89. The summed E-state index contributed by atoms with van der Waals surface area (Å²) in [6.45, 7) is 8.69. The lowest BCUT2D eigenvalue weighted by atomic mass is 9.99. The van der Waals surface area contributed by atoms with E-state index in [9.17, 15) is 9.50 Å². The van der Waals surface area contributed by atoms with Gasteiger partial charge in [-0.25, -0.2) is 4.39 Å². The number of rotatable bonds is 6. The molecule has 0 amide bonds. The largest absolute Gasteiger partial charge is 0.508 e. The van der Waals surface area contributed by atoms with E-state index in [4.69, 9.17) is 0 Å². The Bertz CT molecular complexity index is 444. The first-order valence-corrected chi connectivity index (χ1v) is 8.00. The van der Waals surface area contributed by atoms with Gasteiger partial charge in [-0.3, -0.25) is 0 Å². The molecule has 4 heteroatoms. The van der Waals surface area contributed by atoms with Crippen molar-refractivity contribution in [3.8, 4) is 5.75 Å². The smallest absolute Gasteiger partial charge is 0.123 e. The van der Waals surface area contributed by atoms with Crippen LogP contribution in [0.25, 0.3) is 0 Å². The van der Waals surface area contributed by atoms with Crippen LogP contribution >= 0.6 is 0 Å². The van der Waals surface area contributed by atoms with Crippen molar-refractivity contribution in [2.75, 3.05) is 26.2 Å². The number of halogens is 1. The fraction of sp³-hybridized carbons (Fsp3) is 0.647. The number of likely N-dealkylation sites (tertiary alicyclic amines) is 1. The number of nitrogens with zero attached hydrogens (tertiary/aromatic N) is 1. The third kappa shape index (κ3) is 4.97. The maximum absolute atomic E-state index is 13.2. The van der Waals surface area contributed by atoms with Crippen molar-refractivity contribution in [3.63, 3.8) is 0 Å². The number of phenolic OH excluding ortho intramolecular Hbond substituents is 1. The molecule has 0 aromatic heterocycles. The molecule has 1 atom stereocenters. The molecule has 0 spiro atoms. The van der Waals surface area contributed by atoms with Crippen molar-refractivity contribution in [3.05, 3.63) is 29.6 Å². The molecule has 21 heavy (non-hydrogen) atoms. The summed E-state index contributed by atoms with van der Waals surface area (Å²) in [4.78, 5) is 2.52. The maximum atomic E-state index is 13.2. The van der Waals surface area contributed by atoms with Gasteiger partial charge in [0.15, 0.2) is 0 Å². The second-order valence-corrected chi connectivity index (χ2v) is 6.26. The molecule has 0 radical (unpaired) electrons. The molecule has 1 saturated heterocycles. The molecule has 2 rings (SSSR count). The van der Waals surface area contributed by atoms with Crippen LogP contribution in [0.2, 0.25) is 0 Å². The van der Waals surface area contributed by atoms with E-state index < -0.39 is 0 Å². The molecule has 1 fully saturated rings. The minimum Gasteiger partial charge on any atom is -0.508 e. The summed E-state index contributed by atoms with van der Waals surface area (Å²) in [7, 11) is 0. The van der Waals surface area contributed by atoms with Crippen LogP contribution in [0.5, 0.6) is 5.75 Å². The monoisotopic (exact) mass is 294 g/mol. The number of aromatic hydroxyl groups is 1. The summed E-state index contributed by atoms with van der Waals surface area (Å²) in [6.07, 6.45) is 3.69. The van der Waals surface area contributed by atoms with Gasteiger partial charge in [-0.2, -0.15) is 0 Å². The molecule has 2 N–H and O–H groups in total. The first kappa shape index (κ1) is 16.2. The summed E-state index contributed by atoms with van der Waals surface area (Å²) >= 11 is 0. The number of nitrogens with one attached hydrogen (secondary N) is 1. The van der Waals surface area contributed by atoms with Crippen molar-refractivity contribution >= 4 is 0 Å². The molecule has 1 aromatic rings. The highest BCUT2D eigenvalue weighted by atomic mass is 19.1. The molecule has 0 saturated carbocycles. The zero-order chi connectivity index (χ0) is 15.2. The highest BCUT2D eigenvalue weighted by Crippen LogP contribution is 2.24. The topological polar surface area (TPSA) is 35.5 Å². The molecule has 3 nitrogen and oxygen atoms in total. The van der Waals surface area contributed by atoms with Gasteiger partial charge in [0, 0.05) is 11.6 Å². The van der Waals surface area contributed by atoms with E-state index in [0.717, 1.165) is 25.4 Å². The first-order chi connectivity index (χ1) is 10.1. The summed E-state index contributed by atoms with van der Waals surface area (Å²) < 4.78 is 13.2. The number of benzene rings is 1. The molecule has 1 heterocycles. The summed E-state index contributed by atoms with van der Waals surface area (Å²) in [6, 6.07) is 4.06. The normalized spacial score (nSPS) is 18.8. The Morgan fingerprint density at radius 1 is 1.38 bits per heavy atom. The second kappa shape index (κ2) is 7.76. The van der Waals surface area contributed by atoms with E-state index in [1.807, 2.05) is 6.92 Å². The van der Waals surface area contributed by atoms with Crippen LogP contribution < -0.4 is 5.32 Å². The average Bonchev–Trinajstić information content (AvgIpc) is 2.47. The van der Waals surface area contributed by atoms with E-state index in [2.05, 4.69) is 17.1 Å². The van der Waals surface area contributed by atoms with Crippen LogP contribution in [0.3, 0.4) is 0 Å². The Hall–Kier alpha value is -1.13. The van der Waals surface area contributed by atoms with Crippen molar-refractivity contribution in [2.24, 2.45) is 5.92 Å². The van der Waals surface area contributed by atoms with Crippen molar-refractivity contribution in [2.45, 2.75) is 39.2 Å². The van der Waals surface area contributed by atoms with Crippen LogP contribution in [0.1, 0.15) is 44.7 Å². The Morgan fingerprint density at radius 2 is 2.10 bits per heavy atom. The number of piperidine rings is 1. The standard InChI is InChI=1S/C17H27FN2O/c1-13-6-10-20(11-7-13)9-3-8-19-14(2)16-12-15(18)4-5-17(16)21/h4-5,12-14,19,21H,3,6-11H2,1-2H3. The van der Waals surface area contributed by atoms with E-state index in [-0.39, 0.29) is 17.6 Å². The summed E-state index contributed by atoms with van der Waals surface area (Å²) in [5.41, 5.74) is 0.627. The Kier molecular flexibility index (Phi) is 6.00. The predicted octanol–water partition coefficient (Wildman–Crippen LogP) is 3.30. The quantitative estimate of drug-likeness (QED) is 0.790. The summed E-state index contributed by atoms with van der Waals surface area (Å²) in [5, 5.41) is 13.1. The van der Waals surface area contributed by atoms with Crippen LogP contribution in [-0.4, -0.2) is 36.2 Å². The SMILES string of the molecule is CC1CCN(CCCNC(C)c2cc(F)ccc2O)CC1. The highest BCUT2D eigenvalue weighted by Gasteiger charge is 2.15. The maximum Gasteiger partial charge on any atom is 0.123 e. The van der Waals surface area contributed by atoms with Gasteiger partial charge in [0.2, 0.25) is 0 Å². The van der Waals surface area contributed by atoms with Crippen LogP contribution in [0, 0.1) is 11.7 Å². The van der Waals surface area contributed by atoms with Gasteiger partial charge in [-0.1, -0.05) is 6.92 Å². The lowest BCUT2D eigenvalue weighted by molar-refractivity contribution is 0.190. The van der Waals surface area contributed by atoms with Gasteiger partial charge < -0.3 is 15.3 Å². The lowest BCUT2D eigenvalue weighted by Crippen LogP contribution is -2.35. The van der Waals surface area contributed by atoms with E-state index in [1.54, 1.807) is 0 Å². The highest BCUT2D eigenvalue weighted by molar-refractivity contribution is 5.34. The van der Waals surface area contributed by atoms with E-state index >= 15 is 0 Å². The molecule has 0 aliphatic carbocycles. The minimum absolute atomic E-state index is 0.0397. The molecule has 0 bridgehead atoms. The zero-order valence-electron chi connectivity index (χ0n) is 13.1. The Morgan fingerprint density at radius 3 is 2.81 bits per heavy atom. The van der Waals surface area contributed by atoms with E-state index in [0.29, 0.717) is 5.56 Å². The van der Waals surface area contributed by atoms with Crippen molar-refractivity contribution < 1.29 is 9.50 Å². The molecule has 1 aromatic carbocycles. The predicted molar refractivity (Wildman–Crippen MR) is 83.9 cm³/mol. The third-order valence-corrected chi connectivity index (χ3v) is 4.43. The average molecular weight is 294 g/mol. The molecular formula is C17H27FN2O. The summed E-state index contributed by atoms with van der Waals surface area (Å²) in [5.74, 6) is 0.718. The molecular weight excluding hydrogens is 267 g/mol. The lowest BCUT2D eigenvalue weighted by Gasteiger charge is -2.30. The van der Waals surface area contributed by atoms with Gasteiger partial charge in [-0.05, 0) is 76.5 Å². The van der Waals surface area contributed by atoms with Gasteiger partial charge in [0.1, 0.15) is 11.6 Å². The van der Waals surface area contributed by atoms with Gasteiger partial charge >= 0.3 is 0 Å². The Balaban J connectivity index is 1.69. The molecule has 1 unspecified atom stereocenters. The third-order valence-electron chi connectivity index (χ3n) is 4.43. The Labute approximate surface area is 127 Å².